The van der Waals surface area contributed by atoms with Crippen LogP contribution in [0.5, 0.6) is 0 Å². The van der Waals surface area contributed by atoms with Crippen molar-refractivity contribution in [3.63, 3.8) is 0 Å². The fourth-order valence-corrected chi connectivity index (χ4v) is 1.54. The molecule has 2 aromatic rings. The Balaban J connectivity index is 0.000000200. The van der Waals surface area contributed by atoms with Gasteiger partial charge >= 0.3 is 11.9 Å². The van der Waals surface area contributed by atoms with Gasteiger partial charge in [-0.3, -0.25) is 0 Å². The van der Waals surface area contributed by atoms with Crippen LogP contribution in [0.15, 0.2) is 54.6 Å². The molecule has 0 radical (unpaired) electrons. The summed E-state index contributed by atoms with van der Waals surface area (Å²) in [6, 6.07) is 15.2. The van der Waals surface area contributed by atoms with Crippen LogP contribution in [0, 0.1) is 0 Å². The monoisotopic (exact) mass is 292 g/mol. The third kappa shape index (κ3) is 4.74. The number of aromatic carboxylic acids is 1. The number of rotatable bonds is 2. The van der Waals surface area contributed by atoms with Crippen molar-refractivity contribution in [2.45, 2.75) is 0 Å². The maximum Gasteiger partial charge on any atom is 0.337 e. The lowest BCUT2D eigenvalue weighted by Crippen LogP contribution is -1.99. The molecule has 0 aromatic heterocycles. The fraction of sp³-hybridized carbons (Fsp3) is 0.0667. The Kier molecular flexibility index (Phi) is 6.26. The molecule has 0 bridgehead atoms. The lowest BCUT2D eigenvalue weighted by molar-refractivity contribution is 0.0600. The van der Waals surface area contributed by atoms with Gasteiger partial charge in [0.2, 0.25) is 0 Å². The Hall–Kier alpha value is -2.33. The minimum absolute atomic E-state index is 0.143. The maximum atomic E-state index is 10.8. The van der Waals surface area contributed by atoms with Gasteiger partial charge in [-0.05, 0) is 24.3 Å². The number of ether oxygens (including phenoxy) is 1. The fourth-order valence-electron chi connectivity index (χ4n) is 1.33. The summed E-state index contributed by atoms with van der Waals surface area (Å²) in [7, 11) is 1.37. The largest absolute Gasteiger partial charge is 0.478 e. The molecule has 0 unspecified atom stereocenters. The second-order valence-electron chi connectivity index (χ2n) is 3.64. The van der Waals surface area contributed by atoms with Crippen LogP contribution in [-0.2, 0) is 4.74 Å². The number of carbonyl (C=O) groups is 2. The third-order valence-electron chi connectivity index (χ3n) is 2.30. The van der Waals surface area contributed by atoms with Crippen LogP contribution in [0.3, 0.4) is 0 Å². The Labute approximate surface area is 121 Å². The number of carboxylic acids is 1. The second kappa shape index (κ2) is 7.96. The van der Waals surface area contributed by atoms with Gasteiger partial charge in [0.15, 0.2) is 0 Å². The summed E-state index contributed by atoms with van der Waals surface area (Å²) in [5.41, 5.74) is 0.731. The van der Waals surface area contributed by atoms with Crippen molar-refractivity contribution >= 4 is 23.5 Å². The zero-order valence-corrected chi connectivity index (χ0v) is 11.5. The molecule has 0 aliphatic heterocycles. The van der Waals surface area contributed by atoms with Gasteiger partial charge in [-0.15, -0.1) is 0 Å². The Morgan fingerprint density at radius 2 is 1.55 bits per heavy atom. The van der Waals surface area contributed by atoms with Crippen molar-refractivity contribution in [3.05, 3.63) is 70.7 Å². The molecule has 0 spiro atoms. The van der Waals surface area contributed by atoms with Crippen LogP contribution in [0.25, 0.3) is 0 Å². The maximum absolute atomic E-state index is 10.8. The number of carbonyl (C=O) groups excluding carboxylic acids is 1. The summed E-state index contributed by atoms with van der Waals surface area (Å²) in [6.07, 6.45) is 0. The van der Waals surface area contributed by atoms with Crippen LogP contribution in [-0.4, -0.2) is 24.2 Å². The normalized spacial score (nSPS) is 9.10. The first-order chi connectivity index (χ1) is 9.56. The van der Waals surface area contributed by atoms with Crippen molar-refractivity contribution in [1.82, 2.24) is 0 Å². The van der Waals surface area contributed by atoms with E-state index in [1.54, 1.807) is 42.5 Å². The SMILES string of the molecule is COC(=O)c1ccccc1.O=C(O)c1ccccc1Cl. The number of benzene rings is 2. The van der Waals surface area contributed by atoms with Crippen molar-refractivity contribution < 1.29 is 19.4 Å². The van der Waals surface area contributed by atoms with E-state index in [9.17, 15) is 9.59 Å². The minimum atomic E-state index is -0.995. The molecule has 5 heteroatoms. The Morgan fingerprint density at radius 3 is 2.00 bits per heavy atom. The summed E-state index contributed by atoms with van der Waals surface area (Å²) >= 11 is 5.54. The van der Waals surface area contributed by atoms with Gasteiger partial charge in [0.05, 0.1) is 23.3 Å². The molecule has 104 valence electrons. The second-order valence-corrected chi connectivity index (χ2v) is 4.05. The zero-order chi connectivity index (χ0) is 15.0. The highest BCUT2D eigenvalue weighted by Crippen LogP contribution is 2.13. The summed E-state index contributed by atoms with van der Waals surface area (Å²) in [6.45, 7) is 0. The van der Waals surface area contributed by atoms with E-state index in [2.05, 4.69) is 4.74 Å². The molecule has 0 saturated carbocycles. The van der Waals surface area contributed by atoms with Gasteiger partial charge in [-0.25, -0.2) is 9.59 Å². The molecule has 0 heterocycles. The molecular formula is C15H13ClO4. The number of esters is 1. The van der Waals surface area contributed by atoms with E-state index in [0.717, 1.165) is 0 Å². The van der Waals surface area contributed by atoms with Crippen molar-refractivity contribution in [3.8, 4) is 0 Å². The van der Waals surface area contributed by atoms with E-state index < -0.39 is 5.97 Å². The molecule has 20 heavy (non-hydrogen) atoms. The molecule has 0 fully saturated rings. The van der Waals surface area contributed by atoms with E-state index in [1.807, 2.05) is 6.07 Å². The molecular weight excluding hydrogens is 280 g/mol. The molecule has 0 saturated heterocycles. The lowest BCUT2D eigenvalue weighted by Gasteiger charge is -1.95. The number of halogens is 1. The van der Waals surface area contributed by atoms with Crippen LogP contribution in [0.4, 0.5) is 0 Å². The summed E-state index contributed by atoms with van der Waals surface area (Å²) in [5.74, 6) is -1.29. The van der Waals surface area contributed by atoms with Crippen LogP contribution < -0.4 is 0 Å². The molecule has 4 nitrogen and oxygen atoms in total. The number of carboxylic acid groups (broad SMARTS) is 1. The van der Waals surface area contributed by atoms with E-state index in [1.165, 1.54) is 13.2 Å². The van der Waals surface area contributed by atoms with Crippen LogP contribution in [0.2, 0.25) is 5.02 Å². The van der Waals surface area contributed by atoms with Gasteiger partial charge in [-0.1, -0.05) is 41.9 Å². The predicted molar refractivity (Wildman–Crippen MR) is 76.2 cm³/mol. The topological polar surface area (TPSA) is 63.6 Å². The highest BCUT2D eigenvalue weighted by molar-refractivity contribution is 6.33. The van der Waals surface area contributed by atoms with Crippen LogP contribution >= 0.6 is 11.6 Å². The minimum Gasteiger partial charge on any atom is -0.478 e. The standard InChI is InChI=1S/C8H8O2.C7H5ClO2/c1-10-8(9)7-5-3-2-4-6-7;8-6-4-2-1-3-5(6)7(9)10/h2-6H,1H3;1-4H,(H,9,10). The average Bonchev–Trinajstić information content (AvgIpc) is 2.48. The molecule has 0 aliphatic carbocycles. The quantitative estimate of drug-likeness (QED) is 0.860. The molecule has 2 aromatic carbocycles. The number of methoxy groups -OCH3 is 1. The molecule has 1 N–H and O–H groups in total. The van der Waals surface area contributed by atoms with Gasteiger partial charge in [0.1, 0.15) is 0 Å². The first kappa shape index (κ1) is 15.7. The first-order valence-electron chi connectivity index (χ1n) is 5.67. The van der Waals surface area contributed by atoms with Crippen molar-refractivity contribution in [1.29, 1.82) is 0 Å². The first-order valence-corrected chi connectivity index (χ1v) is 6.05. The summed E-state index contributed by atoms with van der Waals surface area (Å²) < 4.78 is 4.50. The average molecular weight is 293 g/mol. The highest BCUT2D eigenvalue weighted by Gasteiger charge is 2.04. The lowest BCUT2D eigenvalue weighted by atomic mass is 10.2. The summed E-state index contributed by atoms with van der Waals surface area (Å²) in [5, 5.41) is 8.75. The van der Waals surface area contributed by atoms with Gasteiger partial charge in [-0.2, -0.15) is 0 Å². The van der Waals surface area contributed by atoms with E-state index in [0.29, 0.717) is 5.56 Å². The number of hydrogen-bond donors (Lipinski definition) is 1. The highest BCUT2D eigenvalue weighted by atomic mass is 35.5. The molecule has 0 atom stereocenters. The van der Waals surface area contributed by atoms with Gasteiger partial charge in [0.25, 0.3) is 0 Å². The van der Waals surface area contributed by atoms with Crippen molar-refractivity contribution in [2.24, 2.45) is 0 Å². The van der Waals surface area contributed by atoms with E-state index in [4.69, 9.17) is 16.7 Å². The predicted octanol–water partition coefficient (Wildman–Crippen LogP) is 3.51. The van der Waals surface area contributed by atoms with Gasteiger partial charge < -0.3 is 9.84 Å². The van der Waals surface area contributed by atoms with E-state index >= 15 is 0 Å². The third-order valence-corrected chi connectivity index (χ3v) is 2.63. The smallest absolute Gasteiger partial charge is 0.337 e. The van der Waals surface area contributed by atoms with Crippen molar-refractivity contribution in [2.75, 3.05) is 7.11 Å². The molecule has 0 amide bonds. The Morgan fingerprint density at radius 1 is 1.00 bits per heavy atom. The summed E-state index contributed by atoms with van der Waals surface area (Å²) in [4.78, 5) is 21.1. The molecule has 0 aliphatic rings. The van der Waals surface area contributed by atoms with E-state index in [-0.39, 0.29) is 16.6 Å². The number of hydrogen-bond acceptors (Lipinski definition) is 3. The van der Waals surface area contributed by atoms with Gasteiger partial charge in [0, 0.05) is 0 Å². The molecule has 2 rings (SSSR count). The Bertz CT molecular complexity index is 581. The van der Waals surface area contributed by atoms with Crippen LogP contribution in [0.1, 0.15) is 20.7 Å². The zero-order valence-electron chi connectivity index (χ0n) is 10.7.